The summed E-state index contributed by atoms with van der Waals surface area (Å²) in [5.74, 6) is 0.599. The highest BCUT2D eigenvalue weighted by atomic mass is 79.9. The zero-order valence-corrected chi connectivity index (χ0v) is 15.0. The van der Waals surface area contributed by atoms with Gasteiger partial charge in [-0.25, -0.2) is 4.39 Å². The van der Waals surface area contributed by atoms with E-state index < -0.39 is 0 Å². The molecule has 1 aliphatic rings. The van der Waals surface area contributed by atoms with Gasteiger partial charge in [-0.3, -0.25) is 0 Å². The maximum Gasteiger partial charge on any atom is 0.126 e. The minimum absolute atomic E-state index is 0.0869. The molecule has 0 bridgehead atoms. The highest BCUT2D eigenvalue weighted by Gasteiger charge is 2.41. The van der Waals surface area contributed by atoms with E-state index in [2.05, 4.69) is 35.1 Å². The summed E-state index contributed by atoms with van der Waals surface area (Å²) in [6.45, 7) is 4.60. The van der Waals surface area contributed by atoms with E-state index in [-0.39, 0.29) is 5.82 Å². The first-order valence-electron chi connectivity index (χ1n) is 8.08. The molecule has 0 aliphatic heterocycles. The fraction of sp³-hybridized carbons (Fsp3) is 0.667. The fourth-order valence-electron chi connectivity index (χ4n) is 4.13. The molecule has 0 heterocycles. The zero-order chi connectivity index (χ0) is 15.5. The van der Waals surface area contributed by atoms with Crippen molar-refractivity contribution in [2.45, 2.75) is 58.4 Å². The van der Waals surface area contributed by atoms with Crippen molar-refractivity contribution in [3.63, 3.8) is 0 Å². The smallest absolute Gasteiger partial charge is 0.126 e. The minimum Gasteiger partial charge on any atom is -0.316 e. The van der Waals surface area contributed by atoms with Crippen LogP contribution >= 0.6 is 15.9 Å². The van der Waals surface area contributed by atoms with Gasteiger partial charge in [0.25, 0.3) is 0 Å². The number of benzene rings is 1. The van der Waals surface area contributed by atoms with E-state index in [0.717, 1.165) is 16.5 Å². The van der Waals surface area contributed by atoms with Crippen LogP contribution < -0.4 is 5.32 Å². The Hall–Kier alpha value is -0.410. The predicted molar refractivity (Wildman–Crippen MR) is 91.0 cm³/mol. The van der Waals surface area contributed by atoms with E-state index in [1.807, 2.05) is 13.1 Å². The summed E-state index contributed by atoms with van der Waals surface area (Å²) in [7, 11) is 2.03. The third-order valence-electron chi connectivity index (χ3n) is 4.93. The molecule has 1 saturated carbocycles. The molecule has 118 valence electrons. The van der Waals surface area contributed by atoms with Crippen molar-refractivity contribution in [3.05, 3.63) is 34.1 Å². The van der Waals surface area contributed by atoms with Gasteiger partial charge in [0, 0.05) is 10.5 Å². The lowest BCUT2D eigenvalue weighted by Gasteiger charge is -2.39. The summed E-state index contributed by atoms with van der Waals surface area (Å²) in [6, 6.07) is 5.62. The summed E-state index contributed by atoms with van der Waals surface area (Å²) in [6.07, 6.45) is 7.17. The van der Waals surface area contributed by atoms with E-state index in [1.165, 1.54) is 32.1 Å². The van der Waals surface area contributed by atoms with Gasteiger partial charge in [-0.05, 0) is 67.8 Å². The molecule has 1 aromatic carbocycles. The lowest BCUT2D eigenvalue weighted by molar-refractivity contribution is 0.159. The molecule has 1 aliphatic carbocycles. The van der Waals surface area contributed by atoms with Crippen molar-refractivity contribution in [1.82, 2.24) is 5.32 Å². The van der Waals surface area contributed by atoms with E-state index >= 15 is 0 Å². The van der Waals surface area contributed by atoms with Gasteiger partial charge in [-0.1, -0.05) is 42.6 Å². The van der Waals surface area contributed by atoms with Gasteiger partial charge in [0.1, 0.15) is 5.82 Å². The number of nitrogens with one attached hydrogen (secondary N) is 1. The first-order chi connectivity index (χ1) is 9.97. The Labute approximate surface area is 136 Å². The molecule has 1 nitrogen and oxygen atoms in total. The van der Waals surface area contributed by atoms with E-state index in [9.17, 15) is 4.39 Å². The molecule has 1 unspecified atom stereocenters. The molecular weight excluding hydrogens is 329 g/mol. The van der Waals surface area contributed by atoms with Gasteiger partial charge in [-0.15, -0.1) is 0 Å². The molecule has 1 N–H and O–H groups in total. The van der Waals surface area contributed by atoms with Crippen molar-refractivity contribution >= 4 is 15.9 Å². The molecule has 1 fully saturated rings. The number of hydrogen-bond acceptors (Lipinski definition) is 1. The summed E-state index contributed by atoms with van der Waals surface area (Å²) >= 11 is 3.46. The molecule has 0 amide bonds. The van der Waals surface area contributed by atoms with Crippen LogP contribution in [-0.4, -0.2) is 13.1 Å². The molecule has 0 spiro atoms. The monoisotopic (exact) mass is 355 g/mol. The van der Waals surface area contributed by atoms with Crippen LogP contribution in [0.2, 0.25) is 0 Å². The quantitative estimate of drug-likeness (QED) is 0.727. The zero-order valence-electron chi connectivity index (χ0n) is 13.4. The Morgan fingerprint density at radius 3 is 2.52 bits per heavy atom. The molecular formula is C18H27BrFN. The van der Waals surface area contributed by atoms with E-state index in [1.54, 1.807) is 12.1 Å². The number of likely N-dealkylation sites (N-methyl/N-ethyl adjacent to an activating group) is 1. The van der Waals surface area contributed by atoms with Crippen LogP contribution in [0.1, 0.15) is 51.5 Å². The summed E-state index contributed by atoms with van der Waals surface area (Å²) < 4.78 is 15.0. The molecule has 1 atom stereocenters. The Kier molecular flexibility index (Phi) is 5.84. The van der Waals surface area contributed by atoms with Crippen LogP contribution in [0.25, 0.3) is 0 Å². The summed E-state index contributed by atoms with van der Waals surface area (Å²) in [5, 5.41) is 3.50. The second kappa shape index (κ2) is 7.23. The van der Waals surface area contributed by atoms with E-state index in [4.69, 9.17) is 0 Å². The maximum atomic E-state index is 14.1. The number of hydrogen-bond donors (Lipinski definition) is 1. The molecule has 21 heavy (non-hydrogen) atoms. The van der Waals surface area contributed by atoms with Crippen LogP contribution in [0.5, 0.6) is 0 Å². The van der Waals surface area contributed by atoms with Crippen LogP contribution in [0.15, 0.2) is 22.7 Å². The van der Waals surface area contributed by atoms with Crippen molar-refractivity contribution < 1.29 is 4.39 Å². The van der Waals surface area contributed by atoms with E-state index in [0.29, 0.717) is 17.4 Å². The van der Waals surface area contributed by atoms with Crippen molar-refractivity contribution in [1.29, 1.82) is 0 Å². The minimum atomic E-state index is -0.0869. The largest absolute Gasteiger partial charge is 0.316 e. The van der Waals surface area contributed by atoms with Gasteiger partial charge >= 0.3 is 0 Å². The van der Waals surface area contributed by atoms with Gasteiger partial charge < -0.3 is 5.32 Å². The normalized spacial score (nSPS) is 19.1. The Bertz CT molecular complexity index is 466. The third-order valence-corrected chi connectivity index (χ3v) is 5.43. The average molecular weight is 356 g/mol. The first-order valence-corrected chi connectivity index (χ1v) is 8.87. The molecule has 0 aromatic heterocycles. The van der Waals surface area contributed by atoms with Gasteiger partial charge in [0.05, 0.1) is 0 Å². The fourth-order valence-corrected chi connectivity index (χ4v) is 4.54. The van der Waals surface area contributed by atoms with Gasteiger partial charge in [-0.2, -0.15) is 0 Å². The lowest BCUT2D eigenvalue weighted by Crippen LogP contribution is -2.44. The topological polar surface area (TPSA) is 12.0 Å². The number of rotatable bonds is 6. The predicted octanol–water partition coefficient (Wildman–Crippen LogP) is 5.33. The standard InChI is InChI=1S/C18H27BrFN/c1-13(2)12-18(8-4-5-9-18)17(21-3)11-14-10-15(19)6-7-16(14)20/h6-7,10,13,17,21H,4-5,8-9,11-12H2,1-3H3. The van der Waals surface area contributed by atoms with Crippen molar-refractivity contribution in [2.24, 2.45) is 11.3 Å². The van der Waals surface area contributed by atoms with Crippen LogP contribution in [0.4, 0.5) is 4.39 Å². The summed E-state index contributed by atoms with van der Waals surface area (Å²) in [5.41, 5.74) is 1.15. The van der Waals surface area contributed by atoms with Gasteiger partial charge in [0.2, 0.25) is 0 Å². The molecule has 1 aromatic rings. The van der Waals surface area contributed by atoms with Crippen LogP contribution in [-0.2, 0) is 6.42 Å². The lowest BCUT2D eigenvalue weighted by atomic mass is 9.71. The highest BCUT2D eigenvalue weighted by Crippen LogP contribution is 2.46. The molecule has 0 saturated heterocycles. The average Bonchev–Trinajstić information content (AvgIpc) is 2.88. The second-order valence-electron chi connectivity index (χ2n) is 6.95. The molecule has 2 rings (SSSR count). The van der Waals surface area contributed by atoms with Crippen LogP contribution in [0, 0.1) is 17.2 Å². The third kappa shape index (κ3) is 4.07. The highest BCUT2D eigenvalue weighted by molar-refractivity contribution is 9.10. The van der Waals surface area contributed by atoms with Crippen molar-refractivity contribution in [3.8, 4) is 0 Å². The molecule has 0 radical (unpaired) electrons. The van der Waals surface area contributed by atoms with Gasteiger partial charge in [0.15, 0.2) is 0 Å². The number of halogens is 2. The van der Waals surface area contributed by atoms with Crippen LogP contribution in [0.3, 0.4) is 0 Å². The Morgan fingerprint density at radius 2 is 1.95 bits per heavy atom. The first kappa shape index (κ1) is 17.0. The Morgan fingerprint density at radius 1 is 1.29 bits per heavy atom. The molecule has 3 heteroatoms. The van der Waals surface area contributed by atoms with Crippen molar-refractivity contribution in [2.75, 3.05) is 7.05 Å². The second-order valence-corrected chi connectivity index (χ2v) is 7.86. The summed E-state index contributed by atoms with van der Waals surface area (Å²) in [4.78, 5) is 0. The maximum absolute atomic E-state index is 14.1. The Balaban J connectivity index is 2.22. The SMILES string of the molecule is CNC(Cc1cc(Br)ccc1F)C1(CC(C)C)CCCC1.